The predicted molar refractivity (Wildman–Crippen MR) is 108 cm³/mol. The molecule has 0 amide bonds. The minimum atomic E-state index is -0.0987. The Kier molecular flexibility index (Phi) is 5.03. The third kappa shape index (κ3) is 3.42. The first-order chi connectivity index (χ1) is 13.8. The van der Waals surface area contributed by atoms with Crippen LogP contribution in [0.15, 0.2) is 18.6 Å². The molecule has 3 heterocycles. The maximum absolute atomic E-state index is 10.1. The minimum absolute atomic E-state index is 0.0987. The van der Waals surface area contributed by atoms with Crippen LogP contribution in [0.3, 0.4) is 0 Å². The number of hydrogen-bond donors (Lipinski definition) is 3. The van der Waals surface area contributed by atoms with Gasteiger partial charge in [-0.05, 0) is 63.0 Å². The summed E-state index contributed by atoms with van der Waals surface area (Å²) in [5.41, 5.74) is 3.14. The number of aromatic amines is 1. The number of nitrogens with zero attached hydrogens (tertiary/aromatic N) is 4. The second kappa shape index (κ2) is 7.79. The summed E-state index contributed by atoms with van der Waals surface area (Å²) in [5, 5.41) is 23.7. The first-order valence-corrected chi connectivity index (χ1v) is 10.9. The molecule has 7 heteroatoms. The number of fused-ring (bicyclic) bond motifs is 3. The van der Waals surface area contributed by atoms with Crippen molar-refractivity contribution in [2.75, 3.05) is 13.1 Å². The van der Waals surface area contributed by atoms with Crippen LogP contribution < -0.4 is 5.32 Å². The molecule has 5 rings (SSSR count). The number of aliphatic hydroxyl groups excluding tert-OH is 1. The van der Waals surface area contributed by atoms with E-state index in [4.69, 9.17) is 0 Å². The molecule has 2 aliphatic carbocycles. The fraction of sp³-hybridized carbons (Fsp3) is 0.667. The molecule has 3 aromatic heterocycles. The van der Waals surface area contributed by atoms with Gasteiger partial charge >= 0.3 is 0 Å². The standard InChI is InChI=1S/C21H30N6O/c28-18-4-2-1-3-16(18)12-22-11-14-5-7-15(8-6-14)19-20-17-9-10-23-21(17)24-13-27(20)26-25-19/h9-10,13-16,18,22-23,28H,1-8,11-12H2/t14?,15?,16-,18-/m1/s1. The Bertz CT molecular complexity index is 925. The zero-order valence-electron chi connectivity index (χ0n) is 16.3. The van der Waals surface area contributed by atoms with E-state index < -0.39 is 0 Å². The normalized spacial score (nSPS) is 28.9. The van der Waals surface area contributed by atoms with Gasteiger partial charge < -0.3 is 15.4 Å². The van der Waals surface area contributed by atoms with Crippen LogP contribution in [0.4, 0.5) is 0 Å². The van der Waals surface area contributed by atoms with Crippen molar-refractivity contribution in [1.29, 1.82) is 0 Å². The van der Waals surface area contributed by atoms with E-state index in [1.807, 2.05) is 10.7 Å². The van der Waals surface area contributed by atoms with Crippen molar-refractivity contribution < 1.29 is 5.11 Å². The highest BCUT2D eigenvalue weighted by molar-refractivity contribution is 5.92. The number of H-pyrrole nitrogens is 1. The summed E-state index contributed by atoms with van der Waals surface area (Å²) >= 11 is 0. The maximum atomic E-state index is 10.1. The number of aliphatic hydroxyl groups is 1. The second-order valence-corrected chi connectivity index (χ2v) is 8.74. The van der Waals surface area contributed by atoms with Gasteiger partial charge in [-0.2, -0.15) is 0 Å². The highest BCUT2D eigenvalue weighted by Crippen LogP contribution is 2.37. The van der Waals surface area contributed by atoms with Crippen molar-refractivity contribution in [3.8, 4) is 0 Å². The van der Waals surface area contributed by atoms with E-state index in [2.05, 4.69) is 31.7 Å². The van der Waals surface area contributed by atoms with Crippen LogP contribution in [-0.4, -0.2) is 49.1 Å². The lowest BCUT2D eigenvalue weighted by atomic mass is 9.80. The van der Waals surface area contributed by atoms with Crippen molar-refractivity contribution in [2.45, 2.75) is 63.4 Å². The van der Waals surface area contributed by atoms with E-state index in [9.17, 15) is 5.11 Å². The van der Waals surface area contributed by atoms with E-state index >= 15 is 0 Å². The molecule has 0 radical (unpaired) electrons. The zero-order chi connectivity index (χ0) is 18.9. The summed E-state index contributed by atoms with van der Waals surface area (Å²) < 4.78 is 1.81. The first kappa shape index (κ1) is 18.1. The number of nitrogens with one attached hydrogen (secondary N) is 2. The van der Waals surface area contributed by atoms with Gasteiger partial charge in [-0.3, -0.25) is 0 Å². The Morgan fingerprint density at radius 3 is 2.82 bits per heavy atom. The van der Waals surface area contributed by atoms with E-state index in [-0.39, 0.29) is 6.10 Å². The van der Waals surface area contributed by atoms with Crippen molar-refractivity contribution in [1.82, 2.24) is 30.1 Å². The summed E-state index contributed by atoms with van der Waals surface area (Å²) in [6, 6.07) is 2.07. The first-order valence-electron chi connectivity index (χ1n) is 10.9. The molecular weight excluding hydrogens is 352 g/mol. The quantitative estimate of drug-likeness (QED) is 0.631. The molecule has 2 fully saturated rings. The molecule has 7 nitrogen and oxygen atoms in total. The van der Waals surface area contributed by atoms with E-state index in [0.717, 1.165) is 47.7 Å². The number of aromatic nitrogens is 5. The molecule has 0 spiro atoms. The van der Waals surface area contributed by atoms with Crippen LogP contribution in [-0.2, 0) is 0 Å². The molecule has 2 saturated carbocycles. The van der Waals surface area contributed by atoms with Crippen molar-refractivity contribution in [3.63, 3.8) is 0 Å². The zero-order valence-corrected chi connectivity index (χ0v) is 16.3. The van der Waals surface area contributed by atoms with Crippen LogP contribution in [0.2, 0.25) is 0 Å². The van der Waals surface area contributed by atoms with Gasteiger partial charge in [0.2, 0.25) is 0 Å². The lowest BCUT2D eigenvalue weighted by Gasteiger charge is -2.30. The molecule has 0 unspecified atom stereocenters. The molecule has 0 aromatic carbocycles. The average Bonchev–Trinajstić information content (AvgIpc) is 3.36. The average molecular weight is 383 g/mol. The van der Waals surface area contributed by atoms with E-state index in [0.29, 0.717) is 11.8 Å². The van der Waals surface area contributed by atoms with Gasteiger partial charge in [-0.1, -0.05) is 18.1 Å². The maximum Gasteiger partial charge on any atom is 0.141 e. The van der Waals surface area contributed by atoms with Gasteiger partial charge in [0.15, 0.2) is 0 Å². The molecule has 0 saturated heterocycles. The van der Waals surface area contributed by atoms with Crippen LogP contribution in [0.5, 0.6) is 0 Å². The van der Waals surface area contributed by atoms with Crippen molar-refractivity contribution in [2.24, 2.45) is 11.8 Å². The number of rotatable bonds is 5. The Morgan fingerprint density at radius 2 is 1.96 bits per heavy atom. The Hall–Kier alpha value is -1.99. The Morgan fingerprint density at radius 1 is 1.11 bits per heavy atom. The summed E-state index contributed by atoms with van der Waals surface area (Å²) in [4.78, 5) is 7.58. The predicted octanol–water partition coefficient (Wildman–Crippen LogP) is 3.02. The van der Waals surface area contributed by atoms with Gasteiger partial charge in [0.25, 0.3) is 0 Å². The second-order valence-electron chi connectivity index (χ2n) is 8.74. The molecule has 150 valence electrons. The summed E-state index contributed by atoms with van der Waals surface area (Å²) in [5.74, 6) is 1.66. The van der Waals surface area contributed by atoms with Gasteiger partial charge in [0, 0.05) is 24.0 Å². The number of hydrogen-bond acceptors (Lipinski definition) is 5. The SMILES string of the molecule is O[C@@H]1CCCC[C@@H]1CNCC1CCC(c2nnn3cnc4[nH]ccc4c23)CC1. The summed E-state index contributed by atoms with van der Waals surface area (Å²) in [6.45, 7) is 2.04. The molecule has 3 N–H and O–H groups in total. The molecule has 2 atom stereocenters. The lowest BCUT2D eigenvalue weighted by molar-refractivity contribution is 0.0688. The van der Waals surface area contributed by atoms with Gasteiger partial charge in [0.05, 0.1) is 11.8 Å². The van der Waals surface area contributed by atoms with Gasteiger partial charge in [0.1, 0.15) is 17.5 Å². The third-order valence-corrected chi connectivity index (χ3v) is 6.94. The van der Waals surface area contributed by atoms with E-state index in [1.54, 1.807) is 6.33 Å². The Labute approximate surface area is 164 Å². The topological polar surface area (TPSA) is 91.1 Å². The van der Waals surface area contributed by atoms with Crippen LogP contribution in [0.1, 0.15) is 63.0 Å². The molecule has 0 bridgehead atoms. The van der Waals surface area contributed by atoms with Crippen molar-refractivity contribution in [3.05, 3.63) is 24.3 Å². The highest BCUT2D eigenvalue weighted by Gasteiger charge is 2.27. The van der Waals surface area contributed by atoms with E-state index in [1.165, 1.54) is 44.9 Å². The molecular formula is C21H30N6O. The van der Waals surface area contributed by atoms with Crippen LogP contribution in [0, 0.1) is 11.8 Å². The molecule has 28 heavy (non-hydrogen) atoms. The lowest BCUT2D eigenvalue weighted by Crippen LogP contribution is -2.36. The fourth-order valence-electron chi connectivity index (χ4n) is 5.23. The summed E-state index contributed by atoms with van der Waals surface area (Å²) in [7, 11) is 0. The minimum Gasteiger partial charge on any atom is -0.393 e. The highest BCUT2D eigenvalue weighted by atomic mass is 16.3. The van der Waals surface area contributed by atoms with Gasteiger partial charge in [-0.15, -0.1) is 5.10 Å². The Balaban J connectivity index is 1.18. The molecule has 2 aliphatic rings. The van der Waals surface area contributed by atoms with Crippen LogP contribution in [0.25, 0.3) is 16.6 Å². The summed E-state index contributed by atoms with van der Waals surface area (Å²) in [6.07, 6.45) is 13.0. The van der Waals surface area contributed by atoms with Crippen LogP contribution >= 0.6 is 0 Å². The van der Waals surface area contributed by atoms with Gasteiger partial charge in [-0.25, -0.2) is 9.50 Å². The third-order valence-electron chi connectivity index (χ3n) is 6.94. The molecule has 3 aromatic rings. The fourth-order valence-corrected chi connectivity index (χ4v) is 5.23. The molecule has 0 aliphatic heterocycles. The largest absolute Gasteiger partial charge is 0.393 e. The monoisotopic (exact) mass is 382 g/mol. The van der Waals surface area contributed by atoms with Crippen molar-refractivity contribution >= 4 is 16.6 Å². The smallest absolute Gasteiger partial charge is 0.141 e.